The zero-order valence-electron chi connectivity index (χ0n) is 16.7. The van der Waals surface area contributed by atoms with Crippen molar-refractivity contribution < 1.29 is 32.3 Å². The van der Waals surface area contributed by atoms with E-state index in [2.05, 4.69) is 5.09 Å². The number of nitrogens with one attached hydrogen (secondary N) is 1. The Kier molecular flexibility index (Phi) is 8.01. The molecule has 9 heteroatoms. The average molecular weight is 417 g/mol. The molecule has 28 heavy (non-hydrogen) atoms. The fraction of sp³-hybridized carbons (Fsp3) is 0.632. The molecule has 0 bridgehead atoms. The van der Waals surface area contributed by atoms with Gasteiger partial charge in [-0.2, -0.15) is 0 Å². The van der Waals surface area contributed by atoms with Crippen LogP contribution in [0.15, 0.2) is 30.3 Å². The van der Waals surface area contributed by atoms with Crippen LogP contribution in [0.25, 0.3) is 0 Å². The summed E-state index contributed by atoms with van der Waals surface area (Å²) < 4.78 is 49.3. The van der Waals surface area contributed by atoms with Crippen molar-refractivity contribution in [3.63, 3.8) is 0 Å². The van der Waals surface area contributed by atoms with Crippen LogP contribution in [0, 0.1) is 5.92 Å². The van der Waals surface area contributed by atoms with Crippen molar-refractivity contribution in [3.05, 3.63) is 30.3 Å². The van der Waals surface area contributed by atoms with Gasteiger partial charge in [0, 0.05) is 6.42 Å². The minimum Gasteiger partial charge on any atom is -0.462 e. The highest BCUT2D eigenvalue weighted by Crippen LogP contribution is 2.47. The van der Waals surface area contributed by atoms with Crippen LogP contribution in [0.4, 0.5) is 4.39 Å². The summed E-state index contributed by atoms with van der Waals surface area (Å²) in [5.41, 5.74) is 0. The van der Waals surface area contributed by atoms with Gasteiger partial charge in [-0.3, -0.25) is 9.32 Å². The Morgan fingerprint density at radius 3 is 2.64 bits per heavy atom. The number of ether oxygens (including phenoxy) is 2. The van der Waals surface area contributed by atoms with Crippen molar-refractivity contribution >= 4 is 13.7 Å². The lowest BCUT2D eigenvalue weighted by molar-refractivity contribution is -0.156. The fourth-order valence-electron chi connectivity index (χ4n) is 3.00. The Hall–Kier alpha value is -1.47. The fourth-order valence-corrected chi connectivity index (χ4v) is 4.29. The summed E-state index contributed by atoms with van der Waals surface area (Å²) >= 11 is 0. The Labute approximate surface area is 165 Å². The summed E-state index contributed by atoms with van der Waals surface area (Å²) in [6.45, 7) is 6.23. The van der Waals surface area contributed by atoms with Crippen LogP contribution in [0.1, 0.15) is 40.5 Å². The van der Waals surface area contributed by atoms with Gasteiger partial charge in [0.15, 0.2) is 0 Å². The van der Waals surface area contributed by atoms with Crippen LogP contribution >= 0.6 is 7.75 Å². The van der Waals surface area contributed by atoms with Crippen LogP contribution in [-0.4, -0.2) is 37.2 Å². The molecule has 1 aliphatic heterocycles. The number of esters is 1. The number of hydrogen-bond acceptors (Lipinski definition) is 6. The highest BCUT2D eigenvalue weighted by Gasteiger charge is 2.46. The standard InChI is InChI=1S/C19H29FNO6P/c1-5-17-15(4)11-19(20,26-17)13-24-28(23,21-12-18(22)25-14(2)3)27-16-9-7-6-8-10-16/h6-10,14-15,17H,5,11-13H2,1-4H3,(H,21,23)/t15-,17-,19-,28-/m0/s1. The predicted molar refractivity (Wildman–Crippen MR) is 103 cm³/mol. The molecule has 0 amide bonds. The Morgan fingerprint density at radius 1 is 1.39 bits per heavy atom. The smallest absolute Gasteiger partial charge is 0.459 e. The molecule has 158 valence electrons. The zero-order valence-corrected chi connectivity index (χ0v) is 17.6. The quantitative estimate of drug-likeness (QED) is 0.450. The van der Waals surface area contributed by atoms with Crippen LogP contribution in [-0.2, 0) is 23.4 Å². The second-order valence-electron chi connectivity index (χ2n) is 7.18. The third-order valence-electron chi connectivity index (χ3n) is 4.23. The summed E-state index contributed by atoms with van der Waals surface area (Å²) in [7, 11) is -4.05. The second kappa shape index (κ2) is 9.83. The Balaban J connectivity index is 2.05. The molecule has 1 aromatic carbocycles. The van der Waals surface area contributed by atoms with Gasteiger partial charge in [0.05, 0.1) is 12.2 Å². The minimum atomic E-state index is -4.05. The molecular weight excluding hydrogens is 388 g/mol. The summed E-state index contributed by atoms with van der Waals surface area (Å²) in [5, 5.41) is 2.44. The molecule has 1 fully saturated rings. The highest BCUT2D eigenvalue weighted by molar-refractivity contribution is 7.52. The molecule has 0 radical (unpaired) electrons. The van der Waals surface area contributed by atoms with Crippen LogP contribution < -0.4 is 9.61 Å². The number of rotatable bonds is 10. The normalized spacial score (nSPS) is 26.8. The number of benzene rings is 1. The van der Waals surface area contributed by atoms with Crippen LogP contribution in [0.5, 0.6) is 5.75 Å². The van der Waals surface area contributed by atoms with Crippen molar-refractivity contribution in [1.29, 1.82) is 0 Å². The zero-order chi connectivity index (χ0) is 20.8. The maximum absolute atomic E-state index is 15.0. The van der Waals surface area contributed by atoms with Gasteiger partial charge in [0.25, 0.3) is 0 Å². The molecular formula is C19H29FNO6P. The molecule has 0 unspecified atom stereocenters. The minimum absolute atomic E-state index is 0.0157. The Morgan fingerprint density at radius 2 is 2.07 bits per heavy atom. The molecule has 2 rings (SSSR count). The number of hydrogen-bond donors (Lipinski definition) is 1. The maximum atomic E-state index is 15.0. The van der Waals surface area contributed by atoms with Gasteiger partial charge in [-0.25, -0.2) is 14.0 Å². The van der Waals surface area contributed by atoms with E-state index in [1.165, 1.54) is 0 Å². The number of carbonyl (C=O) groups excluding carboxylic acids is 1. The van der Waals surface area contributed by atoms with Gasteiger partial charge in [0.2, 0.25) is 5.85 Å². The van der Waals surface area contributed by atoms with E-state index in [0.29, 0.717) is 6.42 Å². The molecule has 0 aliphatic carbocycles. The van der Waals surface area contributed by atoms with E-state index >= 15 is 0 Å². The van der Waals surface area contributed by atoms with E-state index in [1.54, 1.807) is 44.2 Å². The molecule has 1 aromatic rings. The van der Waals surface area contributed by atoms with E-state index < -0.39 is 32.7 Å². The molecule has 1 heterocycles. The SMILES string of the molecule is CC[C@@H]1O[C@](F)(CO[P@@](=O)(NCC(=O)OC(C)C)Oc2ccccc2)C[C@@H]1C. The highest BCUT2D eigenvalue weighted by atomic mass is 31.2. The average Bonchev–Trinajstić information content (AvgIpc) is 2.93. The van der Waals surface area contributed by atoms with Gasteiger partial charge in [0.1, 0.15) is 18.9 Å². The van der Waals surface area contributed by atoms with Gasteiger partial charge in [-0.1, -0.05) is 32.0 Å². The first-order valence-corrected chi connectivity index (χ1v) is 11.0. The third kappa shape index (κ3) is 6.85. The molecule has 0 spiro atoms. The topological polar surface area (TPSA) is 83.1 Å². The third-order valence-corrected chi connectivity index (χ3v) is 5.70. The van der Waals surface area contributed by atoms with Gasteiger partial charge >= 0.3 is 13.7 Å². The lowest BCUT2D eigenvalue weighted by Gasteiger charge is -2.25. The van der Waals surface area contributed by atoms with Crippen molar-refractivity contribution in [3.8, 4) is 5.75 Å². The summed E-state index contributed by atoms with van der Waals surface area (Å²) in [4.78, 5) is 11.8. The summed E-state index contributed by atoms with van der Waals surface area (Å²) in [6.07, 6.45) is 0.256. The number of alkyl halides is 1. The van der Waals surface area contributed by atoms with Crippen LogP contribution in [0.2, 0.25) is 0 Å². The number of carbonyl (C=O) groups is 1. The lowest BCUT2D eigenvalue weighted by atomic mass is 10.00. The van der Waals surface area contributed by atoms with Crippen molar-refractivity contribution in [2.75, 3.05) is 13.2 Å². The van der Waals surface area contributed by atoms with E-state index in [0.717, 1.165) is 0 Å². The van der Waals surface area contributed by atoms with Crippen molar-refractivity contribution in [2.45, 2.75) is 58.6 Å². The summed E-state index contributed by atoms with van der Waals surface area (Å²) in [6, 6.07) is 8.31. The maximum Gasteiger partial charge on any atom is 0.459 e. The first-order valence-electron chi connectivity index (χ1n) is 9.45. The first-order chi connectivity index (χ1) is 13.1. The molecule has 0 aromatic heterocycles. The largest absolute Gasteiger partial charge is 0.462 e. The van der Waals surface area contributed by atoms with Gasteiger partial charge in [-0.15, -0.1) is 0 Å². The molecule has 1 saturated heterocycles. The molecule has 4 atom stereocenters. The van der Waals surface area contributed by atoms with E-state index in [4.69, 9.17) is 18.5 Å². The molecule has 7 nitrogen and oxygen atoms in total. The Bertz CT molecular complexity index is 688. The number of para-hydroxylation sites is 1. The molecule has 1 N–H and O–H groups in total. The molecule has 0 saturated carbocycles. The lowest BCUT2D eigenvalue weighted by Crippen LogP contribution is -2.32. The molecule has 1 aliphatic rings. The van der Waals surface area contributed by atoms with Crippen LogP contribution in [0.3, 0.4) is 0 Å². The first kappa shape index (κ1) is 22.8. The van der Waals surface area contributed by atoms with E-state index in [9.17, 15) is 13.8 Å². The number of halogens is 1. The van der Waals surface area contributed by atoms with Crippen molar-refractivity contribution in [1.82, 2.24) is 5.09 Å². The van der Waals surface area contributed by atoms with E-state index in [-0.39, 0.29) is 30.3 Å². The van der Waals surface area contributed by atoms with Gasteiger partial charge in [-0.05, 0) is 38.3 Å². The summed E-state index contributed by atoms with van der Waals surface area (Å²) in [5.74, 6) is -2.41. The van der Waals surface area contributed by atoms with E-state index in [1.807, 2.05) is 13.8 Å². The predicted octanol–water partition coefficient (Wildman–Crippen LogP) is 4.23. The van der Waals surface area contributed by atoms with Crippen molar-refractivity contribution in [2.24, 2.45) is 5.92 Å². The van der Waals surface area contributed by atoms with Gasteiger partial charge < -0.3 is 14.0 Å². The second-order valence-corrected chi connectivity index (χ2v) is 8.93. The monoisotopic (exact) mass is 417 g/mol.